The molecule has 1 aromatic carbocycles. The lowest BCUT2D eigenvalue weighted by Crippen LogP contribution is -2.07. The molecule has 0 aliphatic heterocycles. The van der Waals surface area contributed by atoms with Crippen molar-refractivity contribution >= 4 is 43.5 Å². The van der Waals surface area contributed by atoms with Gasteiger partial charge in [0.25, 0.3) is 0 Å². The monoisotopic (exact) mass is 420 g/mol. The fourth-order valence-corrected chi connectivity index (χ4v) is 2.98. The Kier molecular flexibility index (Phi) is 5.52. The largest absolute Gasteiger partial charge is 0.487 e. The highest BCUT2D eigenvalue weighted by atomic mass is 79.9. The third-order valence-electron chi connectivity index (χ3n) is 2.98. The first-order valence-corrected chi connectivity index (χ1v) is 8.55. The molecule has 0 fully saturated rings. The van der Waals surface area contributed by atoms with Crippen LogP contribution in [0.25, 0.3) is 0 Å². The van der Waals surface area contributed by atoms with Crippen molar-refractivity contribution in [1.29, 1.82) is 0 Å². The summed E-state index contributed by atoms with van der Waals surface area (Å²) in [6, 6.07) is 5.95. The second-order valence-corrected chi connectivity index (χ2v) is 6.19. The van der Waals surface area contributed by atoms with Crippen LogP contribution in [0.2, 0.25) is 5.02 Å². The summed E-state index contributed by atoms with van der Waals surface area (Å²) in [4.78, 5) is 0. The van der Waals surface area contributed by atoms with E-state index in [9.17, 15) is 0 Å². The van der Waals surface area contributed by atoms with Crippen LogP contribution in [0.4, 0.5) is 0 Å². The topological polar surface area (TPSA) is 27.1 Å². The molecule has 0 saturated carbocycles. The lowest BCUT2D eigenvalue weighted by molar-refractivity contribution is 0.290. The summed E-state index contributed by atoms with van der Waals surface area (Å²) >= 11 is 13.2. The molecule has 0 spiro atoms. The summed E-state index contributed by atoms with van der Waals surface area (Å²) in [7, 11) is 0. The first-order valence-electron chi connectivity index (χ1n) is 6.25. The number of rotatable bonds is 5. The second kappa shape index (κ2) is 6.96. The van der Waals surface area contributed by atoms with Gasteiger partial charge in [-0.15, -0.1) is 0 Å². The summed E-state index contributed by atoms with van der Waals surface area (Å²) < 4.78 is 8.82. The molecule has 0 aliphatic rings. The van der Waals surface area contributed by atoms with E-state index in [1.807, 2.05) is 36.7 Å². The van der Waals surface area contributed by atoms with Crippen molar-refractivity contribution in [3.8, 4) is 5.75 Å². The van der Waals surface area contributed by atoms with Crippen molar-refractivity contribution in [3.63, 3.8) is 0 Å². The molecule has 1 heterocycles. The Morgan fingerprint density at radius 3 is 2.80 bits per heavy atom. The van der Waals surface area contributed by atoms with Gasteiger partial charge in [-0.3, -0.25) is 4.68 Å². The van der Waals surface area contributed by atoms with Crippen molar-refractivity contribution in [2.24, 2.45) is 0 Å². The van der Waals surface area contributed by atoms with E-state index < -0.39 is 0 Å². The average Bonchev–Trinajstić information content (AvgIpc) is 2.72. The van der Waals surface area contributed by atoms with Crippen molar-refractivity contribution in [2.75, 3.05) is 0 Å². The Hall–Kier alpha value is -0.520. The lowest BCUT2D eigenvalue weighted by Gasteiger charge is -2.11. The molecular formula is C14H15Br2ClN2O. The van der Waals surface area contributed by atoms with Crippen molar-refractivity contribution in [1.82, 2.24) is 9.78 Å². The standard InChI is InChI=1S/C14H15Br2ClN2O/c1-3-19-12(14(17)9(2)18-19)8-20-13-5-4-11(16)6-10(13)7-15/h4-6H,3,7-8H2,1-2H3. The molecule has 2 rings (SSSR count). The van der Waals surface area contributed by atoms with Gasteiger partial charge in [-0.1, -0.05) is 43.5 Å². The Morgan fingerprint density at radius 1 is 1.40 bits per heavy atom. The van der Waals surface area contributed by atoms with E-state index in [0.717, 1.165) is 39.0 Å². The third-order valence-corrected chi connectivity index (χ3v) is 4.57. The Bertz CT molecular complexity index is 613. The second-order valence-electron chi connectivity index (χ2n) is 4.34. The number of ether oxygens (including phenoxy) is 1. The van der Waals surface area contributed by atoms with Gasteiger partial charge in [0.05, 0.1) is 16.4 Å². The van der Waals surface area contributed by atoms with Crippen LogP contribution < -0.4 is 4.74 Å². The van der Waals surface area contributed by atoms with Crippen LogP contribution in [0, 0.1) is 6.92 Å². The van der Waals surface area contributed by atoms with Crippen LogP contribution >= 0.6 is 43.5 Å². The minimum absolute atomic E-state index is 0.412. The van der Waals surface area contributed by atoms with Gasteiger partial charge in [-0.05, 0) is 32.0 Å². The number of hydrogen-bond acceptors (Lipinski definition) is 2. The van der Waals surface area contributed by atoms with Crippen molar-refractivity contribution < 1.29 is 4.74 Å². The average molecular weight is 423 g/mol. The number of aromatic nitrogens is 2. The Morgan fingerprint density at radius 2 is 2.15 bits per heavy atom. The van der Waals surface area contributed by atoms with Crippen LogP contribution in [0.3, 0.4) is 0 Å². The highest BCUT2D eigenvalue weighted by Crippen LogP contribution is 2.27. The molecule has 20 heavy (non-hydrogen) atoms. The van der Waals surface area contributed by atoms with Gasteiger partial charge in [-0.25, -0.2) is 0 Å². The molecular weight excluding hydrogens is 407 g/mol. The first kappa shape index (κ1) is 15.9. The maximum Gasteiger partial charge on any atom is 0.131 e. The summed E-state index contributed by atoms with van der Waals surface area (Å²) in [5.41, 5.74) is 2.84. The molecule has 0 aliphatic carbocycles. The molecule has 0 atom stereocenters. The normalized spacial score (nSPS) is 10.8. The first-order chi connectivity index (χ1) is 9.56. The lowest BCUT2D eigenvalue weighted by atomic mass is 10.2. The predicted octanol–water partition coefficient (Wildman–Crippen LogP) is 5.10. The van der Waals surface area contributed by atoms with Crippen LogP contribution in [-0.2, 0) is 18.5 Å². The van der Waals surface area contributed by atoms with Gasteiger partial charge in [0, 0.05) is 21.9 Å². The van der Waals surface area contributed by atoms with Gasteiger partial charge >= 0.3 is 0 Å². The number of hydrogen-bond donors (Lipinski definition) is 0. The van der Waals surface area contributed by atoms with Gasteiger partial charge in [0.1, 0.15) is 12.4 Å². The zero-order valence-electron chi connectivity index (χ0n) is 11.3. The molecule has 0 radical (unpaired) electrons. The zero-order chi connectivity index (χ0) is 14.7. The van der Waals surface area contributed by atoms with E-state index in [0.29, 0.717) is 11.6 Å². The molecule has 0 bridgehead atoms. The van der Waals surface area contributed by atoms with Gasteiger partial charge in [-0.2, -0.15) is 5.10 Å². The molecule has 0 saturated heterocycles. The Labute approximate surface area is 140 Å². The van der Waals surface area contributed by atoms with Crippen LogP contribution in [-0.4, -0.2) is 9.78 Å². The molecule has 0 unspecified atom stereocenters. The maximum absolute atomic E-state index is 6.28. The highest BCUT2D eigenvalue weighted by Gasteiger charge is 2.14. The quantitative estimate of drug-likeness (QED) is 0.627. The molecule has 0 amide bonds. The third kappa shape index (κ3) is 3.38. The van der Waals surface area contributed by atoms with E-state index >= 15 is 0 Å². The van der Waals surface area contributed by atoms with Gasteiger partial charge in [0.2, 0.25) is 0 Å². The maximum atomic E-state index is 6.28. The van der Waals surface area contributed by atoms with Gasteiger partial charge in [0.15, 0.2) is 0 Å². The van der Waals surface area contributed by atoms with Crippen LogP contribution in [0.15, 0.2) is 22.7 Å². The number of aryl methyl sites for hydroxylation is 2. The van der Waals surface area contributed by atoms with Crippen molar-refractivity contribution in [3.05, 3.63) is 44.6 Å². The summed E-state index contributed by atoms with van der Waals surface area (Å²) in [6.07, 6.45) is 0. The number of benzene rings is 1. The summed E-state index contributed by atoms with van der Waals surface area (Å²) in [6.45, 7) is 5.13. The smallest absolute Gasteiger partial charge is 0.131 e. The molecule has 108 valence electrons. The summed E-state index contributed by atoms with van der Waals surface area (Å²) in [5, 5.41) is 5.81. The van der Waals surface area contributed by atoms with Crippen LogP contribution in [0.5, 0.6) is 5.75 Å². The minimum Gasteiger partial charge on any atom is -0.487 e. The number of alkyl halides is 1. The van der Waals surface area contributed by atoms with Gasteiger partial charge < -0.3 is 4.74 Å². The molecule has 2 aromatic rings. The summed E-state index contributed by atoms with van der Waals surface area (Å²) in [5.74, 6) is 0.850. The molecule has 6 heteroatoms. The zero-order valence-corrected chi connectivity index (χ0v) is 15.2. The predicted molar refractivity (Wildman–Crippen MR) is 88.8 cm³/mol. The highest BCUT2D eigenvalue weighted by molar-refractivity contribution is 9.10. The fourth-order valence-electron chi connectivity index (χ4n) is 1.95. The SMILES string of the molecule is CCn1nc(C)c(Cl)c1COc1ccc(Br)cc1CBr. The minimum atomic E-state index is 0.412. The molecule has 3 nitrogen and oxygen atoms in total. The molecule has 1 aromatic heterocycles. The number of nitrogens with zero attached hydrogens (tertiary/aromatic N) is 2. The van der Waals surface area contributed by atoms with Crippen LogP contribution in [0.1, 0.15) is 23.9 Å². The molecule has 0 N–H and O–H groups in total. The Balaban J connectivity index is 2.21. The van der Waals surface area contributed by atoms with E-state index in [2.05, 4.69) is 37.0 Å². The fraction of sp³-hybridized carbons (Fsp3) is 0.357. The van der Waals surface area contributed by atoms with E-state index in [4.69, 9.17) is 16.3 Å². The number of halogens is 3. The van der Waals surface area contributed by atoms with E-state index in [1.165, 1.54) is 0 Å². The van der Waals surface area contributed by atoms with E-state index in [-0.39, 0.29) is 0 Å². The van der Waals surface area contributed by atoms with Crippen molar-refractivity contribution in [2.45, 2.75) is 32.3 Å². The van der Waals surface area contributed by atoms with E-state index in [1.54, 1.807) is 0 Å².